The van der Waals surface area contributed by atoms with Gasteiger partial charge in [-0.25, -0.2) is 4.79 Å². The maximum absolute atomic E-state index is 12.2. The van der Waals surface area contributed by atoms with E-state index in [2.05, 4.69) is 43.4 Å². The molecule has 0 aliphatic rings. The van der Waals surface area contributed by atoms with Crippen LogP contribution in [0.15, 0.2) is 0 Å². The van der Waals surface area contributed by atoms with E-state index in [0.29, 0.717) is 25.6 Å². The highest BCUT2D eigenvalue weighted by Gasteiger charge is 2.31. The van der Waals surface area contributed by atoms with E-state index in [0.717, 1.165) is 4.43 Å². The van der Waals surface area contributed by atoms with Gasteiger partial charge in [0, 0.05) is 17.6 Å². The van der Waals surface area contributed by atoms with Gasteiger partial charge in [0.05, 0.1) is 12.1 Å². The topological polar surface area (TPSA) is 38.8 Å². The largest absolute Gasteiger partial charge is 0.444 e. The van der Waals surface area contributed by atoms with Crippen molar-refractivity contribution in [1.29, 1.82) is 0 Å². The van der Waals surface area contributed by atoms with Crippen LogP contribution in [0.5, 0.6) is 0 Å². The molecule has 0 rings (SSSR count). The fourth-order valence-corrected chi connectivity index (χ4v) is 1.99. The summed E-state index contributed by atoms with van der Waals surface area (Å²) in [5.41, 5.74) is -0.804. The molecule has 0 bridgehead atoms. The van der Waals surface area contributed by atoms with Crippen LogP contribution < -0.4 is 0 Å². The van der Waals surface area contributed by atoms with Crippen molar-refractivity contribution in [2.45, 2.75) is 59.7 Å². The molecule has 0 N–H and O–H groups in total. The average molecular weight is 399 g/mol. The van der Waals surface area contributed by atoms with Gasteiger partial charge in [0.2, 0.25) is 0 Å². The van der Waals surface area contributed by atoms with E-state index in [1.165, 1.54) is 0 Å². The lowest BCUT2D eigenvalue weighted by Gasteiger charge is -2.35. The number of rotatable bonds is 7. The number of carbonyl (C=O) groups is 1. The maximum atomic E-state index is 12.2. The predicted molar refractivity (Wildman–Crippen MR) is 91.6 cm³/mol. The Balaban J connectivity index is 4.69. The molecule has 0 saturated heterocycles. The molecular formula is C15H30INO3. The summed E-state index contributed by atoms with van der Waals surface area (Å²) in [5, 5.41) is 0. The summed E-state index contributed by atoms with van der Waals surface area (Å²) >= 11 is 2.31. The predicted octanol–water partition coefficient (Wildman–Crippen LogP) is 4.11. The van der Waals surface area contributed by atoms with Crippen LogP contribution in [-0.4, -0.2) is 46.3 Å². The molecule has 1 amide bonds. The van der Waals surface area contributed by atoms with Crippen LogP contribution in [0.2, 0.25) is 0 Å². The molecule has 0 saturated carbocycles. The monoisotopic (exact) mass is 399 g/mol. The zero-order chi connectivity index (χ0) is 16.0. The van der Waals surface area contributed by atoms with E-state index in [1.807, 2.05) is 27.7 Å². The smallest absolute Gasteiger partial charge is 0.410 e. The molecular weight excluding hydrogens is 369 g/mol. The van der Waals surface area contributed by atoms with Gasteiger partial charge in [-0.05, 0) is 40.5 Å². The molecule has 120 valence electrons. The van der Waals surface area contributed by atoms with E-state index >= 15 is 0 Å². The number of amides is 1. The Morgan fingerprint density at radius 2 is 1.80 bits per heavy atom. The van der Waals surface area contributed by atoms with Crippen LogP contribution in [-0.2, 0) is 9.47 Å². The number of ether oxygens (including phenoxy) is 2. The van der Waals surface area contributed by atoms with Crippen molar-refractivity contribution in [3.8, 4) is 0 Å². The van der Waals surface area contributed by atoms with Gasteiger partial charge in [0.25, 0.3) is 0 Å². The fraction of sp³-hybridized carbons (Fsp3) is 0.933. The number of hydrogen-bond acceptors (Lipinski definition) is 3. The third kappa shape index (κ3) is 8.29. The lowest BCUT2D eigenvalue weighted by atomic mass is 10.1. The van der Waals surface area contributed by atoms with Gasteiger partial charge in [-0.1, -0.05) is 36.4 Å². The number of hydrogen-bond donors (Lipinski definition) is 0. The lowest BCUT2D eigenvalue weighted by molar-refractivity contribution is -0.0501. The quantitative estimate of drug-likeness (QED) is 0.478. The van der Waals surface area contributed by atoms with Crippen molar-refractivity contribution in [3.63, 3.8) is 0 Å². The molecule has 0 fully saturated rings. The van der Waals surface area contributed by atoms with E-state index in [4.69, 9.17) is 9.47 Å². The van der Waals surface area contributed by atoms with Gasteiger partial charge >= 0.3 is 6.09 Å². The van der Waals surface area contributed by atoms with Crippen molar-refractivity contribution < 1.29 is 14.3 Å². The number of likely N-dealkylation sites (N-methyl/N-ethyl adjacent to an activating group) is 1. The Hall–Kier alpha value is -0.0400. The van der Waals surface area contributed by atoms with E-state index in [9.17, 15) is 4.79 Å². The van der Waals surface area contributed by atoms with Crippen LogP contribution in [0, 0.1) is 5.92 Å². The minimum absolute atomic E-state index is 0.274. The van der Waals surface area contributed by atoms with Crippen LogP contribution in [0.4, 0.5) is 4.79 Å². The minimum atomic E-state index is -0.468. The van der Waals surface area contributed by atoms with E-state index < -0.39 is 5.60 Å². The summed E-state index contributed by atoms with van der Waals surface area (Å²) in [6.07, 6.45) is -0.274. The molecule has 0 aromatic rings. The van der Waals surface area contributed by atoms with Crippen LogP contribution in [0.25, 0.3) is 0 Å². The summed E-state index contributed by atoms with van der Waals surface area (Å²) in [6.45, 7) is 15.8. The first-order valence-electron chi connectivity index (χ1n) is 7.21. The van der Waals surface area contributed by atoms with Crippen LogP contribution in [0.1, 0.15) is 48.5 Å². The van der Waals surface area contributed by atoms with Crippen molar-refractivity contribution in [1.82, 2.24) is 4.90 Å². The van der Waals surface area contributed by atoms with Crippen LogP contribution >= 0.6 is 22.6 Å². The summed E-state index contributed by atoms with van der Waals surface area (Å²) in [5.74, 6) is 0.480. The third-order valence-corrected chi connectivity index (χ3v) is 4.22. The summed E-state index contributed by atoms with van der Waals surface area (Å²) in [7, 11) is 0. The first-order chi connectivity index (χ1) is 9.03. The highest BCUT2D eigenvalue weighted by atomic mass is 127. The number of halogens is 1. The van der Waals surface area contributed by atoms with Crippen molar-refractivity contribution in [2.75, 3.05) is 24.1 Å². The van der Waals surface area contributed by atoms with E-state index in [-0.39, 0.29) is 11.7 Å². The average Bonchev–Trinajstić information content (AvgIpc) is 2.31. The fourth-order valence-electron chi connectivity index (χ4n) is 1.53. The highest BCUT2D eigenvalue weighted by Crippen LogP contribution is 2.19. The first-order valence-corrected chi connectivity index (χ1v) is 8.73. The molecule has 4 nitrogen and oxygen atoms in total. The SMILES string of the molecule is CCN(CC(C)(CI)OCC(C)C)C(=O)OC(C)(C)C. The maximum Gasteiger partial charge on any atom is 0.410 e. The van der Waals surface area contributed by atoms with E-state index in [1.54, 1.807) is 4.90 Å². The Morgan fingerprint density at radius 1 is 1.25 bits per heavy atom. The first kappa shape index (κ1) is 20.0. The molecule has 0 radical (unpaired) electrons. The Kier molecular flexibility index (Phi) is 8.40. The molecule has 1 unspecified atom stereocenters. The van der Waals surface area contributed by atoms with Crippen molar-refractivity contribution in [2.24, 2.45) is 5.92 Å². The molecule has 0 heterocycles. The van der Waals surface area contributed by atoms with Gasteiger partial charge in [-0.15, -0.1) is 0 Å². The summed E-state index contributed by atoms with van der Waals surface area (Å²) in [4.78, 5) is 13.9. The van der Waals surface area contributed by atoms with Gasteiger partial charge in [-0.3, -0.25) is 0 Å². The second-order valence-corrected chi connectivity index (χ2v) is 7.55. The Labute approximate surface area is 137 Å². The second kappa shape index (κ2) is 8.41. The molecule has 0 spiro atoms. The normalized spacial score (nSPS) is 15.1. The number of carbonyl (C=O) groups excluding carboxylic acids is 1. The molecule has 0 aromatic carbocycles. The summed E-state index contributed by atoms with van der Waals surface area (Å²) < 4.78 is 12.3. The van der Waals surface area contributed by atoms with Gasteiger partial charge in [-0.2, -0.15) is 0 Å². The van der Waals surface area contributed by atoms with Crippen molar-refractivity contribution >= 4 is 28.7 Å². The zero-order valence-corrected chi connectivity index (χ0v) is 16.1. The van der Waals surface area contributed by atoms with Crippen molar-refractivity contribution in [3.05, 3.63) is 0 Å². The molecule has 5 heteroatoms. The Bertz CT molecular complexity index is 302. The van der Waals surface area contributed by atoms with Gasteiger partial charge in [0.15, 0.2) is 0 Å². The Morgan fingerprint density at radius 3 is 2.15 bits per heavy atom. The molecule has 0 aliphatic carbocycles. The lowest BCUT2D eigenvalue weighted by Crippen LogP contribution is -2.48. The summed E-state index contributed by atoms with van der Waals surface area (Å²) in [6, 6.07) is 0. The van der Waals surface area contributed by atoms with Crippen LogP contribution in [0.3, 0.4) is 0 Å². The molecule has 1 atom stereocenters. The van der Waals surface area contributed by atoms with Gasteiger partial charge < -0.3 is 14.4 Å². The molecule has 0 aromatic heterocycles. The second-order valence-electron chi connectivity index (χ2n) is 6.78. The zero-order valence-electron chi connectivity index (χ0n) is 14.0. The molecule has 20 heavy (non-hydrogen) atoms. The molecule has 0 aliphatic heterocycles. The third-order valence-electron chi connectivity index (χ3n) is 2.61. The number of alkyl halides is 1. The van der Waals surface area contributed by atoms with Gasteiger partial charge in [0.1, 0.15) is 5.60 Å². The minimum Gasteiger partial charge on any atom is -0.444 e. The standard InChI is InChI=1S/C15H30INO3/c1-8-17(13(18)20-14(4,5)6)11-15(7,10-16)19-9-12(2)3/h12H,8-11H2,1-7H3. The number of nitrogens with zero attached hydrogens (tertiary/aromatic N) is 1. The highest BCUT2D eigenvalue weighted by molar-refractivity contribution is 14.1.